The zero-order valence-electron chi connectivity index (χ0n) is 11.1. The highest BCUT2D eigenvalue weighted by Gasteiger charge is 2.11. The normalized spacial score (nSPS) is 10.8. The fourth-order valence-electron chi connectivity index (χ4n) is 1.67. The van der Waals surface area contributed by atoms with Crippen LogP contribution in [-0.2, 0) is 6.61 Å². The van der Waals surface area contributed by atoms with Crippen LogP contribution in [0.25, 0.3) is 0 Å². The Balaban J connectivity index is 2.39. The second-order valence-corrected chi connectivity index (χ2v) is 5.70. The van der Waals surface area contributed by atoms with Crippen molar-refractivity contribution in [3.05, 3.63) is 45.7 Å². The second kappa shape index (κ2) is 5.90. The van der Waals surface area contributed by atoms with Crippen LogP contribution < -0.4 is 0 Å². The van der Waals surface area contributed by atoms with Crippen LogP contribution in [0.5, 0.6) is 0 Å². The Morgan fingerprint density at radius 2 is 1.79 bits per heavy atom. The number of benzene rings is 1. The van der Waals surface area contributed by atoms with Crippen molar-refractivity contribution in [1.82, 2.24) is 9.97 Å². The van der Waals surface area contributed by atoms with E-state index in [-0.39, 0.29) is 6.61 Å². The number of hydrogen-bond acceptors (Lipinski definition) is 4. The van der Waals surface area contributed by atoms with E-state index in [0.29, 0.717) is 15.7 Å². The molecule has 1 N–H and O–H groups in total. The van der Waals surface area contributed by atoms with Crippen molar-refractivity contribution in [3.8, 4) is 0 Å². The molecule has 100 valence electrons. The molecule has 0 saturated carbocycles. The lowest BCUT2D eigenvalue weighted by molar-refractivity contribution is 0.279. The molecular weight excluding hydrogens is 280 g/mol. The van der Waals surface area contributed by atoms with Crippen LogP contribution in [-0.4, -0.2) is 15.1 Å². The summed E-state index contributed by atoms with van der Waals surface area (Å²) in [5, 5.41) is 10.6. The molecule has 0 aliphatic rings. The summed E-state index contributed by atoms with van der Waals surface area (Å²) >= 11 is 7.49. The van der Waals surface area contributed by atoms with E-state index in [9.17, 15) is 5.11 Å². The molecule has 0 radical (unpaired) electrons. The monoisotopic (exact) mass is 294 g/mol. The molecule has 19 heavy (non-hydrogen) atoms. The molecule has 1 aromatic carbocycles. The minimum atomic E-state index is -0.0914. The zero-order valence-corrected chi connectivity index (χ0v) is 12.6. The maximum Gasteiger partial charge on any atom is 0.192 e. The van der Waals surface area contributed by atoms with Gasteiger partial charge in [0.2, 0.25) is 0 Å². The van der Waals surface area contributed by atoms with Gasteiger partial charge in [0.1, 0.15) is 0 Å². The number of rotatable bonds is 3. The van der Waals surface area contributed by atoms with Gasteiger partial charge in [0.15, 0.2) is 5.16 Å². The van der Waals surface area contributed by atoms with E-state index in [1.54, 1.807) is 6.07 Å². The average molecular weight is 295 g/mol. The predicted octanol–water partition coefficient (Wildman–Crippen LogP) is 3.70. The Kier molecular flexibility index (Phi) is 4.45. The highest BCUT2D eigenvalue weighted by atomic mass is 35.5. The smallest absolute Gasteiger partial charge is 0.192 e. The summed E-state index contributed by atoms with van der Waals surface area (Å²) in [4.78, 5) is 9.81. The Hall–Kier alpha value is -1.10. The molecule has 0 spiro atoms. The molecule has 0 atom stereocenters. The first-order valence-electron chi connectivity index (χ1n) is 5.91. The Morgan fingerprint density at radius 1 is 1.16 bits per heavy atom. The molecule has 2 aromatic rings. The summed E-state index contributed by atoms with van der Waals surface area (Å²) in [5.41, 5.74) is 3.77. The molecular formula is C14H15ClN2OS. The average Bonchev–Trinajstić information content (AvgIpc) is 2.36. The summed E-state index contributed by atoms with van der Waals surface area (Å²) in [6.07, 6.45) is 0. The highest BCUT2D eigenvalue weighted by molar-refractivity contribution is 7.99. The quantitative estimate of drug-likeness (QED) is 0.877. The van der Waals surface area contributed by atoms with Crippen molar-refractivity contribution in [2.24, 2.45) is 0 Å². The minimum absolute atomic E-state index is 0.0914. The zero-order chi connectivity index (χ0) is 14.0. The highest BCUT2D eigenvalue weighted by Crippen LogP contribution is 2.32. The molecule has 0 aliphatic carbocycles. The summed E-state index contributed by atoms with van der Waals surface area (Å²) < 4.78 is 0. The van der Waals surface area contributed by atoms with Crippen LogP contribution in [0.3, 0.4) is 0 Å². The molecule has 0 saturated heterocycles. The Bertz CT molecular complexity index is 593. The molecule has 5 heteroatoms. The molecule has 0 amide bonds. The number of aryl methyl sites for hydroxylation is 2. The summed E-state index contributed by atoms with van der Waals surface area (Å²) in [6.45, 7) is 5.86. The standard InChI is InChI=1S/C14H15ClN2OS/c1-8-9(2)16-14(17-10(8)3)19-13-6-4-5-12(15)11(13)7-18/h4-6,18H,7H2,1-3H3. The van der Waals surface area contributed by atoms with E-state index in [4.69, 9.17) is 11.6 Å². The van der Waals surface area contributed by atoms with Gasteiger partial charge in [-0.15, -0.1) is 0 Å². The molecule has 0 fully saturated rings. The van der Waals surface area contributed by atoms with Crippen LogP contribution in [0.15, 0.2) is 28.3 Å². The molecule has 0 bridgehead atoms. The number of hydrogen-bond donors (Lipinski definition) is 1. The molecule has 3 nitrogen and oxygen atoms in total. The van der Waals surface area contributed by atoms with Gasteiger partial charge in [0.25, 0.3) is 0 Å². The third-order valence-corrected chi connectivity index (χ3v) is 4.37. The van der Waals surface area contributed by atoms with E-state index in [1.165, 1.54) is 11.8 Å². The lowest BCUT2D eigenvalue weighted by atomic mass is 10.2. The van der Waals surface area contributed by atoms with Crippen LogP contribution >= 0.6 is 23.4 Å². The van der Waals surface area contributed by atoms with Gasteiger partial charge >= 0.3 is 0 Å². The number of aliphatic hydroxyl groups is 1. The van der Waals surface area contributed by atoms with Gasteiger partial charge in [0, 0.05) is 26.9 Å². The SMILES string of the molecule is Cc1nc(Sc2cccc(Cl)c2CO)nc(C)c1C. The van der Waals surface area contributed by atoms with Crippen molar-refractivity contribution in [2.75, 3.05) is 0 Å². The third kappa shape index (κ3) is 3.08. The maximum absolute atomic E-state index is 9.39. The van der Waals surface area contributed by atoms with Crippen LogP contribution in [0.2, 0.25) is 5.02 Å². The van der Waals surface area contributed by atoms with E-state index in [0.717, 1.165) is 21.8 Å². The van der Waals surface area contributed by atoms with Crippen LogP contribution in [0.4, 0.5) is 0 Å². The van der Waals surface area contributed by atoms with Crippen molar-refractivity contribution < 1.29 is 5.11 Å². The molecule has 0 unspecified atom stereocenters. The number of aromatic nitrogens is 2. The predicted molar refractivity (Wildman–Crippen MR) is 77.7 cm³/mol. The molecule has 1 aromatic heterocycles. The first-order chi connectivity index (χ1) is 9.02. The van der Waals surface area contributed by atoms with Gasteiger partial charge in [-0.25, -0.2) is 9.97 Å². The third-order valence-electron chi connectivity index (χ3n) is 3.05. The van der Waals surface area contributed by atoms with E-state index >= 15 is 0 Å². The van der Waals surface area contributed by atoms with E-state index in [2.05, 4.69) is 9.97 Å². The summed E-state index contributed by atoms with van der Waals surface area (Å²) in [6, 6.07) is 5.54. The first kappa shape index (κ1) is 14.3. The van der Waals surface area contributed by atoms with Gasteiger partial charge in [-0.2, -0.15) is 0 Å². The van der Waals surface area contributed by atoms with Crippen molar-refractivity contribution in [3.63, 3.8) is 0 Å². The summed E-state index contributed by atoms with van der Waals surface area (Å²) in [7, 11) is 0. The van der Waals surface area contributed by atoms with Gasteiger partial charge in [0.05, 0.1) is 6.61 Å². The Morgan fingerprint density at radius 3 is 2.37 bits per heavy atom. The second-order valence-electron chi connectivity index (χ2n) is 4.28. The van der Waals surface area contributed by atoms with Gasteiger partial charge < -0.3 is 5.11 Å². The number of nitrogens with zero attached hydrogens (tertiary/aromatic N) is 2. The fraction of sp³-hybridized carbons (Fsp3) is 0.286. The maximum atomic E-state index is 9.39. The van der Waals surface area contributed by atoms with Crippen molar-refractivity contribution in [2.45, 2.75) is 37.4 Å². The van der Waals surface area contributed by atoms with Crippen molar-refractivity contribution in [1.29, 1.82) is 0 Å². The van der Waals surface area contributed by atoms with Gasteiger partial charge in [-0.1, -0.05) is 17.7 Å². The summed E-state index contributed by atoms with van der Waals surface area (Å²) in [5.74, 6) is 0. The molecule has 1 heterocycles. The number of halogens is 1. The largest absolute Gasteiger partial charge is 0.392 e. The van der Waals surface area contributed by atoms with Gasteiger partial charge in [-0.3, -0.25) is 0 Å². The van der Waals surface area contributed by atoms with E-state index in [1.807, 2.05) is 32.9 Å². The van der Waals surface area contributed by atoms with Crippen molar-refractivity contribution >= 4 is 23.4 Å². The minimum Gasteiger partial charge on any atom is -0.392 e. The molecule has 2 rings (SSSR count). The van der Waals surface area contributed by atoms with E-state index < -0.39 is 0 Å². The Labute approximate surface area is 122 Å². The fourth-order valence-corrected chi connectivity index (χ4v) is 2.97. The molecule has 0 aliphatic heterocycles. The lowest BCUT2D eigenvalue weighted by Gasteiger charge is -2.10. The van der Waals surface area contributed by atoms with Gasteiger partial charge in [-0.05, 0) is 50.2 Å². The van der Waals surface area contributed by atoms with Crippen LogP contribution in [0.1, 0.15) is 22.5 Å². The number of aliphatic hydroxyl groups excluding tert-OH is 1. The van der Waals surface area contributed by atoms with Crippen LogP contribution in [0, 0.1) is 20.8 Å². The topological polar surface area (TPSA) is 46.0 Å². The lowest BCUT2D eigenvalue weighted by Crippen LogP contribution is -1.98. The first-order valence-corrected chi connectivity index (χ1v) is 7.10.